The van der Waals surface area contributed by atoms with E-state index in [2.05, 4.69) is 27.1 Å². The minimum atomic E-state index is -0.157. The monoisotopic (exact) mass is 296 g/mol. The van der Waals surface area contributed by atoms with Gasteiger partial charge in [0.25, 0.3) is 0 Å². The van der Waals surface area contributed by atoms with Gasteiger partial charge in [-0.2, -0.15) is 0 Å². The molecule has 1 amide bonds. The van der Waals surface area contributed by atoms with Crippen molar-refractivity contribution in [2.75, 3.05) is 18.5 Å². The molecule has 2 rings (SSSR count). The molecule has 1 aromatic rings. The molecule has 1 saturated heterocycles. The molecular formula is C14H21ClN4O. The third kappa shape index (κ3) is 3.03. The van der Waals surface area contributed by atoms with Crippen LogP contribution < -0.4 is 10.2 Å². The zero-order chi connectivity index (χ0) is 14.5. The van der Waals surface area contributed by atoms with Crippen molar-refractivity contribution in [2.24, 2.45) is 0 Å². The van der Waals surface area contributed by atoms with Gasteiger partial charge in [0.05, 0.1) is 0 Å². The molecule has 6 heteroatoms. The van der Waals surface area contributed by atoms with E-state index in [1.807, 2.05) is 0 Å². The highest BCUT2D eigenvalue weighted by Gasteiger charge is 2.30. The molecule has 0 aliphatic carbocycles. The van der Waals surface area contributed by atoms with Gasteiger partial charge in [0.15, 0.2) is 0 Å². The van der Waals surface area contributed by atoms with Crippen LogP contribution in [0.1, 0.15) is 38.2 Å². The van der Waals surface area contributed by atoms with Gasteiger partial charge in [-0.05, 0) is 25.7 Å². The van der Waals surface area contributed by atoms with Crippen molar-refractivity contribution in [2.45, 2.75) is 45.1 Å². The highest BCUT2D eigenvalue weighted by molar-refractivity contribution is 6.30. The molecular weight excluding hydrogens is 276 g/mol. The number of carbonyl (C=O) groups is 1. The predicted octanol–water partition coefficient (Wildman–Crippen LogP) is 2.19. The molecule has 20 heavy (non-hydrogen) atoms. The van der Waals surface area contributed by atoms with Crippen LogP contribution in [0.3, 0.4) is 0 Å². The lowest BCUT2D eigenvalue weighted by molar-refractivity contribution is -0.122. The fourth-order valence-electron chi connectivity index (χ4n) is 2.72. The predicted molar refractivity (Wildman–Crippen MR) is 80.1 cm³/mol. The van der Waals surface area contributed by atoms with Gasteiger partial charge in [-0.15, -0.1) is 0 Å². The van der Waals surface area contributed by atoms with E-state index in [-0.39, 0.29) is 11.9 Å². The Bertz CT molecular complexity index is 480. The van der Waals surface area contributed by atoms with Crippen LogP contribution in [-0.4, -0.2) is 35.5 Å². The van der Waals surface area contributed by atoms with Gasteiger partial charge < -0.3 is 10.2 Å². The summed E-state index contributed by atoms with van der Waals surface area (Å²) < 4.78 is 0. The standard InChI is InChI=1S/C14H21ClN4O/c1-3-6-10-12(15)17-9-18-13(10)19-8-5-4-7-11(19)14(20)16-2/h9,11H,3-8H2,1-2H3,(H,16,20). The number of halogens is 1. The SMILES string of the molecule is CCCc1c(Cl)ncnc1N1CCCCC1C(=O)NC. The number of piperidine rings is 1. The molecule has 1 N–H and O–H groups in total. The number of nitrogens with zero attached hydrogens (tertiary/aromatic N) is 3. The number of anilines is 1. The third-order valence-electron chi connectivity index (χ3n) is 3.69. The molecule has 0 saturated carbocycles. The lowest BCUT2D eigenvalue weighted by Crippen LogP contribution is -2.49. The smallest absolute Gasteiger partial charge is 0.242 e. The highest BCUT2D eigenvalue weighted by Crippen LogP contribution is 2.30. The van der Waals surface area contributed by atoms with E-state index < -0.39 is 0 Å². The van der Waals surface area contributed by atoms with Gasteiger partial charge in [0.2, 0.25) is 5.91 Å². The van der Waals surface area contributed by atoms with Crippen LogP contribution >= 0.6 is 11.6 Å². The summed E-state index contributed by atoms with van der Waals surface area (Å²) in [5, 5.41) is 3.24. The lowest BCUT2D eigenvalue weighted by Gasteiger charge is -2.36. The Kier molecular flexibility index (Phi) is 5.17. The number of hydrogen-bond donors (Lipinski definition) is 1. The van der Waals surface area contributed by atoms with Crippen molar-refractivity contribution in [3.63, 3.8) is 0 Å². The Labute approximate surface area is 124 Å². The normalized spacial score (nSPS) is 18.9. The fraction of sp³-hybridized carbons (Fsp3) is 0.643. The Morgan fingerprint density at radius 2 is 2.30 bits per heavy atom. The van der Waals surface area contributed by atoms with Gasteiger partial charge in [0, 0.05) is 19.2 Å². The molecule has 1 aliphatic rings. The summed E-state index contributed by atoms with van der Waals surface area (Å²) in [6.07, 6.45) is 6.26. The number of nitrogens with one attached hydrogen (secondary N) is 1. The first kappa shape index (κ1) is 15.0. The zero-order valence-electron chi connectivity index (χ0n) is 12.0. The van der Waals surface area contributed by atoms with Gasteiger partial charge in [0.1, 0.15) is 23.3 Å². The van der Waals surface area contributed by atoms with Crippen LogP contribution in [0.25, 0.3) is 0 Å². The Morgan fingerprint density at radius 3 is 3.00 bits per heavy atom. The van der Waals surface area contributed by atoms with E-state index >= 15 is 0 Å². The van der Waals surface area contributed by atoms with Crippen molar-refractivity contribution >= 4 is 23.3 Å². The van der Waals surface area contributed by atoms with Crippen LogP contribution in [0.2, 0.25) is 5.15 Å². The first-order valence-electron chi connectivity index (χ1n) is 7.16. The molecule has 110 valence electrons. The van der Waals surface area contributed by atoms with E-state index in [1.54, 1.807) is 7.05 Å². The Morgan fingerprint density at radius 1 is 1.50 bits per heavy atom. The minimum Gasteiger partial charge on any atom is -0.357 e. The van der Waals surface area contributed by atoms with E-state index in [0.29, 0.717) is 5.15 Å². The topological polar surface area (TPSA) is 58.1 Å². The van der Waals surface area contributed by atoms with E-state index in [9.17, 15) is 4.79 Å². The molecule has 1 unspecified atom stereocenters. The first-order chi connectivity index (χ1) is 9.69. The number of aromatic nitrogens is 2. The molecule has 0 bridgehead atoms. The Hall–Kier alpha value is -1.36. The van der Waals surface area contributed by atoms with Crippen LogP contribution in [-0.2, 0) is 11.2 Å². The largest absolute Gasteiger partial charge is 0.357 e. The maximum Gasteiger partial charge on any atom is 0.242 e. The summed E-state index contributed by atoms with van der Waals surface area (Å²) in [5.41, 5.74) is 0.951. The molecule has 1 fully saturated rings. The van der Waals surface area contributed by atoms with Crippen molar-refractivity contribution in [1.29, 1.82) is 0 Å². The van der Waals surface area contributed by atoms with Crippen LogP contribution in [0.15, 0.2) is 6.33 Å². The third-order valence-corrected chi connectivity index (χ3v) is 4.02. The lowest BCUT2D eigenvalue weighted by atomic mass is 10.00. The van der Waals surface area contributed by atoms with Crippen molar-refractivity contribution in [3.8, 4) is 0 Å². The molecule has 1 atom stereocenters. The molecule has 1 aliphatic heterocycles. The van der Waals surface area contributed by atoms with Crippen molar-refractivity contribution in [3.05, 3.63) is 17.0 Å². The quantitative estimate of drug-likeness (QED) is 0.865. The molecule has 5 nitrogen and oxygen atoms in total. The van der Waals surface area contributed by atoms with Crippen LogP contribution in [0.5, 0.6) is 0 Å². The highest BCUT2D eigenvalue weighted by atomic mass is 35.5. The molecule has 0 aromatic carbocycles. The summed E-state index contributed by atoms with van der Waals surface area (Å²) in [4.78, 5) is 22.6. The summed E-state index contributed by atoms with van der Waals surface area (Å²) in [5.74, 6) is 0.863. The number of carbonyl (C=O) groups excluding carboxylic acids is 1. The van der Waals surface area contributed by atoms with Crippen LogP contribution in [0, 0.1) is 0 Å². The number of likely N-dealkylation sites (N-methyl/N-ethyl adjacent to an activating group) is 1. The molecule has 0 radical (unpaired) electrons. The van der Waals surface area contributed by atoms with Crippen LogP contribution in [0.4, 0.5) is 5.82 Å². The maximum absolute atomic E-state index is 12.1. The van der Waals surface area contributed by atoms with E-state index in [4.69, 9.17) is 11.6 Å². The van der Waals surface area contributed by atoms with E-state index in [0.717, 1.165) is 50.0 Å². The van der Waals surface area contributed by atoms with Gasteiger partial charge in [-0.25, -0.2) is 9.97 Å². The minimum absolute atomic E-state index is 0.0434. The molecule has 2 heterocycles. The Balaban J connectivity index is 2.37. The average Bonchev–Trinajstić information content (AvgIpc) is 2.49. The van der Waals surface area contributed by atoms with Gasteiger partial charge >= 0.3 is 0 Å². The summed E-state index contributed by atoms with van der Waals surface area (Å²) in [6, 6.07) is -0.157. The van der Waals surface area contributed by atoms with Crippen molar-refractivity contribution < 1.29 is 4.79 Å². The maximum atomic E-state index is 12.1. The number of amides is 1. The average molecular weight is 297 g/mol. The zero-order valence-corrected chi connectivity index (χ0v) is 12.8. The van der Waals surface area contributed by atoms with Crippen molar-refractivity contribution in [1.82, 2.24) is 15.3 Å². The number of rotatable bonds is 4. The van der Waals surface area contributed by atoms with E-state index in [1.165, 1.54) is 6.33 Å². The second-order valence-electron chi connectivity index (χ2n) is 5.04. The number of hydrogen-bond acceptors (Lipinski definition) is 4. The first-order valence-corrected chi connectivity index (χ1v) is 7.54. The fourth-order valence-corrected chi connectivity index (χ4v) is 2.94. The second-order valence-corrected chi connectivity index (χ2v) is 5.39. The second kappa shape index (κ2) is 6.88. The van der Waals surface area contributed by atoms with Gasteiger partial charge in [-0.3, -0.25) is 4.79 Å². The summed E-state index contributed by atoms with van der Waals surface area (Å²) in [6.45, 7) is 2.93. The summed E-state index contributed by atoms with van der Waals surface area (Å²) >= 11 is 6.21. The molecule has 0 spiro atoms. The molecule has 1 aromatic heterocycles. The summed E-state index contributed by atoms with van der Waals surface area (Å²) in [7, 11) is 1.68. The van der Waals surface area contributed by atoms with Gasteiger partial charge in [-0.1, -0.05) is 24.9 Å².